The normalized spacial score (nSPS) is 17.8. The number of hydrogen-bond acceptors (Lipinski definition) is 2. The van der Waals surface area contributed by atoms with Crippen LogP contribution in [0.2, 0.25) is 0 Å². The van der Waals surface area contributed by atoms with Crippen LogP contribution in [0.4, 0.5) is 10.1 Å². The molecule has 1 aliphatic rings. The molecule has 2 aromatic rings. The second-order valence-corrected chi connectivity index (χ2v) is 6.46. The molecular formula is C20H21FN2O2. The number of benzene rings is 2. The van der Waals surface area contributed by atoms with Crippen molar-refractivity contribution in [2.45, 2.75) is 26.8 Å². The third-order valence-corrected chi connectivity index (χ3v) is 4.68. The van der Waals surface area contributed by atoms with Gasteiger partial charge in [0, 0.05) is 24.3 Å². The molecule has 0 N–H and O–H groups in total. The molecule has 1 atom stereocenters. The first-order valence-electron chi connectivity index (χ1n) is 8.33. The number of piperazine rings is 1. The van der Waals surface area contributed by atoms with Gasteiger partial charge in [-0.3, -0.25) is 9.59 Å². The molecule has 4 nitrogen and oxygen atoms in total. The molecule has 2 aromatic carbocycles. The smallest absolute Gasteiger partial charge is 0.254 e. The molecule has 2 amide bonds. The summed E-state index contributed by atoms with van der Waals surface area (Å²) in [5.74, 6) is -0.693. The van der Waals surface area contributed by atoms with Crippen molar-refractivity contribution < 1.29 is 14.0 Å². The minimum absolute atomic E-state index is 0.157. The van der Waals surface area contributed by atoms with E-state index in [1.807, 2.05) is 19.1 Å². The molecule has 1 fully saturated rings. The van der Waals surface area contributed by atoms with Gasteiger partial charge in [-0.1, -0.05) is 23.8 Å². The summed E-state index contributed by atoms with van der Waals surface area (Å²) < 4.78 is 13.8. The highest BCUT2D eigenvalue weighted by atomic mass is 19.1. The minimum atomic E-state index is -0.591. The van der Waals surface area contributed by atoms with Gasteiger partial charge >= 0.3 is 0 Å². The van der Waals surface area contributed by atoms with Crippen molar-refractivity contribution in [2.75, 3.05) is 18.0 Å². The number of carbonyl (C=O) groups excluding carboxylic acids is 2. The highest BCUT2D eigenvalue weighted by Gasteiger charge is 2.35. The fourth-order valence-electron chi connectivity index (χ4n) is 3.02. The number of carbonyl (C=O) groups is 2. The lowest BCUT2D eigenvalue weighted by molar-refractivity contribution is -0.124. The van der Waals surface area contributed by atoms with Crippen LogP contribution < -0.4 is 4.90 Å². The van der Waals surface area contributed by atoms with Gasteiger partial charge < -0.3 is 9.80 Å². The Labute approximate surface area is 146 Å². The number of amides is 2. The highest BCUT2D eigenvalue weighted by Crippen LogP contribution is 2.23. The highest BCUT2D eigenvalue weighted by molar-refractivity contribution is 6.03. The lowest BCUT2D eigenvalue weighted by atomic mass is 10.1. The van der Waals surface area contributed by atoms with Gasteiger partial charge in [-0.05, 0) is 50.6 Å². The Morgan fingerprint density at radius 1 is 1.08 bits per heavy atom. The van der Waals surface area contributed by atoms with Gasteiger partial charge in [0.25, 0.3) is 5.91 Å². The maximum absolute atomic E-state index is 13.8. The first kappa shape index (κ1) is 17.1. The first-order valence-corrected chi connectivity index (χ1v) is 8.33. The number of nitrogens with zero attached hydrogens (tertiary/aromatic N) is 2. The average molecular weight is 340 g/mol. The summed E-state index contributed by atoms with van der Waals surface area (Å²) in [6.07, 6.45) is 0. The van der Waals surface area contributed by atoms with Gasteiger partial charge in [-0.15, -0.1) is 0 Å². The van der Waals surface area contributed by atoms with Crippen molar-refractivity contribution in [1.82, 2.24) is 4.90 Å². The molecule has 5 heteroatoms. The third-order valence-electron chi connectivity index (χ3n) is 4.68. The maximum Gasteiger partial charge on any atom is 0.254 e. The van der Waals surface area contributed by atoms with Crippen molar-refractivity contribution >= 4 is 17.5 Å². The topological polar surface area (TPSA) is 40.6 Å². The molecule has 0 unspecified atom stereocenters. The summed E-state index contributed by atoms with van der Waals surface area (Å²) in [5.41, 5.74) is 2.71. The molecule has 130 valence electrons. The van der Waals surface area contributed by atoms with Crippen LogP contribution in [0, 0.1) is 19.7 Å². The second-order valence-electron chi connectivity index (χ2n) is 6.46. The van der Waals surface area contributed by atoms with Gasteiger partial charge in [0.2, 0.25) is 5.91 Å². The fraction of sp³-hybridized carbons (Fsp3) is 0.300. The van der Waals surface area contributed by atoms with E-state index in [1.165, 1.54) is 6.07 Å². The minimum Gasteiger partial charge on any atom is -0.325 e. The van der Waals surface area contributed by atoms with Crippen molar-refractivity contribution in [3.05, 3.63) is 65.0 Å². The predicted molar refractivity (Wildman–Crippen MR) is 95.2 cm³/mol. The Morgan fingerprint density at radius 2 is 1.76 bits per heavy atom. The van der Waals surface area contributed by atoms with E-state index in [9.17, 15) is 14.0 Å². The summed E-state index contributed by atoms with van der Waals surface area (Å²) in [6, 6.07) is 11.5. The first-order chi connectivity index (χ1) is 11.9. The van der Waals surface area contributed by atoms with Crippen molar-refractivity contribution in [2.24, 2.45) is 0 Å². The maximum atomic E-state index is 13.8. The van der Waals surface area contributed by atoms with Crippen LogP contribution in [-0.2, 0) is 4.79 Å². The van der Waals surface area contributed by atoms with Crippen LogP contribution in [0.3, 0.4) is 0 Å². The van der Waals surface area contributed by atoms with E-state index in [1.54, 1.807) is 47.9 Å². The zero-order valence-electron chi connectivity index (χ0n) is 14.6. The fourth-order valence-corrected chi connectivity index (χ4v) is 3.02. The number of aryl methyl sites for hydroxylation is 2. The summed E-state index contributed by atoms with van der Waals surface area (Å²) >= 11 is 0. The van der Waals surface area contributed by atoms with Crippen LogP contribution in [0.1, 0.15) is 28.4 Å². The SMILES string of the molecule is Cc1ccc(C(=O)N2CCN(c3ccc(C)c(F)c3)C(=O)[C@@H]2C)cc1. The summed E-state index contributed by atoms with van der Waals surface area (Å²) in [7, 11) is 0. The van der Waals surface area contributed by atoms with Crippen molar-refractivity contribution in [1.29, 1.82) is 0 Å². The Kier molecular flexibility index (Phi) is 4.57. The zero-order chi connectivity index (χ0) is 18.1. The van der Waals surface area contributed by atoms with Crippen LogP contribution in [0.5, 0.6) is 0 Å². The molecule has 1 aliphatic heterocycles. The van der Waals surface area contributed by atoms with Crippen LogP contribution in [-0.4, -0.2) is 35.8 Å². The predicted octanol–water partition coefficient (Wildman–Crippen LogP) is 3.32. The molecule has 25 heavy (non-hydrogen) atoms. The van der Waals surface area contributed by atoms with Crippen LogP contribution in [0.15, 0.2) is 42.5 Å². The Morgan fingerprint density at radius 3 is 2.40 bits per heavy atom. The number of anilines is 1. The Bertz CT molecular complexity index is 817. The van der Waals surface area contributed by atoms with Gasteiger partial charge in [0.1, 0.15) is 11.9 Å². The molecule has 0 radical (unpaired) electrons. The Balaban J connectivity index is 1.80. The van der Waals surface area contributed by atoms with Crippen molar-refractivity contribution in [3.63, 3.8) is 0 Å². The van der Waals surface area contributed by atoms with Crippen LogP contribution >= 0.6 is 0 Å². The molecule has 0 saturated carbocycles. The van der Waals surface area contributed by atoms with E-state index in [0.29, 0.717) is 29.9 Å². The third kappa shape index (κ3) is 3.27. The number of hydrogen-bond donors (Lipinski definition) is 0. The Hall–Kier alpha value is -2.69. The molecular weight excluding hydrogens is 319 g/mol. The van der Waals surface area contributed by atoms with Crippen LogP contribution in [0.25, 0.3) is 0 Å². The molecule has 0 spiro atoms. The second kappa shape index (κ2) is 6.67. The lowest BCUT2D eigenvalue weighted by Gasteiger charge is -2.39. The summed E-state index contributed by atoms with van der Waals surface area (Å²) in [5, 5.41) is 0. The molecule has 0 aliphatic carbocycles. The van der Waals surface area contributed by atoms with E-state index in [0.717, 1.165) is 5.56 Å². The van der Waals surface area contributed by atoms with Gasteiger partial charge in [-0.25, -0.2) is 4.39 Å². The van der Waals surface area contributed by atoms with E-state index in [-0.39, 0.29) is 17.6 Å². The molecule has 3 rings (SSSR count). The molecule has 1 saturated heterocycles. The van der Waals surface area contributed by atoms with Gasteiger partial charge in [-0.2, -0.15) is 0 Å². The largest absolute Gasteiger partial charge is 0.325 e. The van der Waals surface area contributed by atoms with E-state index in [4.69, 9.17) is 0 Å². The standard InChI is InChI=1S/C20H21FN2O2/c1-13-4-7-16(8-5-13)20(25)22-10-11-23(19(24)15(22)3)17-9-6-14(2)18(21)12-17/h4-9,12,15H,10-11H2,1-3H3/t15-/m0/s1. The van der Waals surface area contributed by atoms with E-state index < -0.39 is 6.04 Å². The number of halogens is 1. The van der Waals surface area contributed by atoms with E-state index >= 15 is 0 Å². The summed E-state index contributed by atoms with van der Waals surface area (Å²) in [6.45, 7) is 6.12. The zero-order valence-corrected chi connectivity index (χ0v) is 14.6. The molecule has 0 bridgehead atoms. The van der Waals surface area contributed by atoms with E-state index in [2.05, 4.69) is 0 Å². The molecule has 0 aromatic heterocycles. The molecule has 1 heterocycles. The quantitative estimate of drug-likeness (QED) is 0.841. The average Bonchev–Trinajstić information content (AvgIpc) is 2.60. The van der Waals surface area contributed by atoms with Gasteiger partial charge in [0.05, 0.1) is 0 Å². The lowest BCUT2D eigenvalue weighted by Crippen LogP contribution is -2.57. The number of rotatable bonds is 2. The van der Waals surface area contributed by atoms with Gasteiger partial charge in [0.15, 0.2) is 0 Å². The van der Waals surface area contributed by atoms with Crippen molar-refractivity contribution in [3.8, 4) is 0 Å². The monoisotopic (exact) mass is 340 g/mol. The summed E-state index contributed by atoms with van der Waals surface area (Å²) in [4.78, 5) is 28.6.